The number of rotatable bonds is 6. The van der Waals surface area contributed by atoms with Gasteiger partial charge < -0.3 is 4.74 Å². The summed E-state index contributed by atoms with van der Waals surface area (Å²) in [5.41, 5.74) is 5.17. The van der Waals surface area contributed by atoms with Crippen LogP contribution in [0.1, 0.15) is 53.0 Å². The normalized spacial score (nSPS) is 13.0. The monoisotopic (exact) mass is 474 g/mol. The molecular weight excluding hydrogens is 452 g/mol. The number of ether oxygens (including phenoxy) is 1. The third-order valence-corrected chi connectivity index (χ3v) is 6.32. The van der Waals surface area contributed by atoms with Gasteiger partial charge in [0, 0.05) is 11.5 Å². The largest absolute Gasteiger partial charge is 0.456 e. The van der Waals surface area contributed by atoms with Crippen LogP contribution in [0, 0.1) is 18.3 Å². The van der Waals surface area contributed by atoms with E-state index >= 15 is 0 Å². The van der Waals surface area contributed by atoms with Crippen molar-refractivity contribution in [2.24, 2.45) is 0 Å². The summed E-state index contributed by atoms with van der Waals surface area (Å²) in [4.78, 5) is 17.3. The zero-order chi connectivity index (χ0) is 24.8. The van der Waals surface area contributed by atoms with Gasteiger partial charge in [0.05, 0.1) is 34.9 Å². The maximum atomic E-state index is 12.5. The molecule has 5 aromatic rings. The minimum absolute atomic E-state index is 0.113. The lowest BCUT2D eigenvalue weighted by molar-refractivity contribution is 0.101. The average Bonchev–Trinajstić information content (AvgIpc) is 3.50. The van der Waals surface area contributed by atoms with Gasteiger partial charge in [-0.2, -0.15) is 15.5 Å². The van der Waals surface area contributed by atoms with Crippen LogP contribution in [0.15, 0.2) is 67.0 Å². The number of hydrogen-bond donors (Lipinski definition) is 0. The smallest absolute Gasteiger partial charge is 0.165 e. The lowest BCUT2D eigenvalue weighted by Crippen LogP contribution is -2.10. The molecule has 1 saturated carbocycles. The first kappa shape index (κ1) is 21.7. The van der Waals surface area contributed by atoms with Crippen LogP contribution in [-0.4, -0.2) is 30.2 Å². The molecule has 0 bridgehead atoms. The zero-order valence-electron chi connectivity index (χ0n) is 19.8. The summed E-state index contributed by atoms with van der Waals surface area (Å²) in [7, 11) is 0. The highest BCUT2D eigenvalue weighted by atomic mass is 16.5. The number of hydrogen-bond acceptors (Lipinski definition) is 6. The molecule has 4 aromatic heterocycles. The third kappa shape index (κ3) is 3.91. The minimum Gasteiger partial charge on any atom is -0.456 e. The van der Waals surface area contributed by atoms with Crippen LogP contribution in [0.3, 0.4) is 0 Å². The second-order valence-electron chi connectivity index (χ2n) is 9.04. The fourth-order valence-corrected chi connectivity index (χ4v) is 4.29. The summed E-state index contributed by atoms with van der Waals surface area (Å²) < 4.78 is 9.39. The molecule has 0 N–H and O–H groups in total. The number of Topliss-reactive ketones (excluding diaryl/α,β-unsaturated/α-hetero) is 1. The van der Waals surface area contributed by atoms with Crippen molar-refractivity contribution in [1.82, 2.24) is 24.4 Å². The summed E-state index contributed by atoms with van der Waals surface area (Å²) in [6, 6.07) is 19.2. The van der Waals surface area contributed by atoms with E-state index in [1.807, 2.05) is 55.6 Å². The lowest BCUT2D eigenvalue weighted by Gasteiger charge is -2.11. The van der Waals surface area contributed by atoms with Gasteiger partial charge in [0.1, 0.15) is 17.6 Å². The van der Waals surface area contributed by atoms with Crippen LogP contribution in [0.25, 0.3) is 22.6 Å². The zero-order valence-corrected chi connectivity index (χ0v) is 19.8. The number of aryl methyl sites for hydroxylation is 1. The number of ketones is 1. The molecule has 0 unspecified atom stereocenters. The summed E-state index contributed by atoms with van der Waals surface area (Å²) in [6.45, 7) is 3.54. The van der Waals surface area contributed by atoms with Crippen LogP contribution in [0.5, 0.6) is 11.5 Å². The molecule has 6 rings (SSSR count). The number of benzene rings is 1. The predicted octanol–water partition coefficient (Wildman–Crippen LogP) is 5.63. The Morgan fingerprint density at radius 1 is 1.08 bits per heavy atom. The molecule has 0 radical (unpaired) electrons. The van der Waals surface area contributed by atoms with Crippen molar-refractivity contribution in [2.45, 2.75) is 32.6 Å². The standard InChI is InChI=1S/C28H22N6O2/c1-17-3-7-21(8-4-17)36-22-9-12-26-24(15-30-33(26)16-22)25-11-10-23(18(2)35)28(31-25)34-27(19-5-6-19)13-20(14-29)32-34/h3-4,7-13,15-16,19H,5-6H2,1-2H3. The number of aromatic nitrogens is 5. The molecule has 8 heteroatoms. The summed E-state index contributed by atoms with van der Waals surface area (Å²) in [5, 5.41) is 18.4. The minimum atomic E-state index is -0.113. The van der Waals surface area contributed by atoms with Crippen molar-refractivity contribution < 1.29 is 9.53 Å². The molecule has 176 valence electrons. The fraction of sp³-hybridized carbons (Fsp3) is 0.179. The van der Waals surface area contributed by atoms with Crippen molar-refractivity contribution in [2.75, 3.05) is 0 Å². The van der Waals surface area contributed by atoms with Crippen LogP contribution in [-0.2, 0) is 0 Å². The first-order chi connectivity index (χ1) is 17.5. The molecule has 1 aromatic carbocycles. The second-order valence-corrected chi connectivity index (χ2v) is 9.04. The maximum absolute atomic E-state index is 12.5. The Morgan fingerprint density at radius 2 is 1.86 bits per heavy atom. The van der Waals surface area contributed by atoms with Crippen molar-refractivity contribution in [1.29, 1.82) is 5.26 Å². The molecule has 1 fully saturated rings. The molecule has 4 heterocycles. The maximum Gasteiger partial charge on any atom is 0.165 e. The van der Waals surface area contributed by atoms with Crippen molar-refractivity contribution in [3.63, 3.8) is 0 Å². The predicted molar refractivity (Wildman–Crippen MR) is 133 cm³/mol. The number of pyridine rings is 2. The molecular formula is C28H22N6O2. The van der Waals surface area contributed by atoms with E-state index in [-0.39, 0.29) is 5.78 Å². The van der Waals surface area contributed by atoms with Crippen LogP contribution in [0.2, 0.25) is 0 Å². The van der Waals surface area contributed by atoms with Crippen LogP contribution >= 0.6 is 0 Å². The van der Waals surface area contributed by atoms with E-state index in [4.69, 9.17) is 9.72 Å². The molecule has 0 atom stereocenters. The van der Waals surface area contributed by atoms with Gasteiger partial charge in [0.25, 0.3) is 0 Å². The third-order valence-electron chi connectivity index (χ3n) is 6.32. The Labute approximate surface area is 207 Å². The number of fused-ring (bicyclic) bond motifs is 1. The molecule has 0 saturated heterocycles. The highest BCUT2D eigenvalue weighted by molar-refractivity contribution is 5.97. The average molecular weight is 475 g/mol. The van der Waals surface area contributed by atoms with Gasteiger partial charge in [-0.3, -0.25) is 4.79 Å². The van der Waals surface area contributed by atoms with Crippen molar-refractivity contribution in [3.05, 3.63) is 89.5 Å². The number of nitrogens with zero attached hydrogens (tertiary/aromatic N) is 6. The molecule has 1 aliphatic carbocycles. The topological polar surface area (TPSA) is 98.1 Å². The van der Waals surface area contributed by atoms with Gasteiger partial charge in [-0.25, -0.2) is 14.2 Å². The number of carbonyl (C=O) groups excluding carboxylic acids is 1. The van der Waals surface area contributed by atoms with E-state index in [1.165, 1.54) is 12.5 Å². The Balaban J connectivity index is 1.41. The summed E-state index contributed by atoms with van der Waals surface area (Å²) in [5.74, 6) is 2.06. The first-order valence-electron chi connectivity index (χ1n) is 11.7. The highest BCUT2D eigenvalue weighted by Gasteiger charge is 2.30. The SMILES string of the molecule is CC(=O)c1ccc(-c2cnn3cc(Oc4ccc(C)cc4)ccc23)nc1-n1nc(C#N)cc1C1CC1. The lowest BCUT2D eigenvalue weighted by atomic mass is 10.1. The molecule has 8 nitrogen and oxygen atoms in total. The molecule has 0 aliphatic heterocycles. The summed E-state index contributed by atoms with van der Waals surface area (Å²) >= 11 is 0. The van der Waals surface area contributed by atoms with E-state index in [1.54, 1.807) is 27.5 Å². The Bertz CT molecular complexity index is 1670. The van der Waals surface area contributed by atoms with Crippen molar-refractivity contribution >= 4 is 11.3 Å². The number of carbonyl (C=O) groups is 1. The fourth-order valence-electron chi connectivity index (χ4n) is 4.29. The van der Waals surface area contributed by atoms with E-state index in [0.717, 1.165) is 35.4 Å². The number of nitriles is 1. The van der Waals surface area contributed by atoms with Crippen LogP contribution < -0.4 is 4.74 Å². The second kappa shape index (κ2) is 8.47. The van der Waals surface area contributed by atoms with Crippen molar-refractivity contribution in [3.8, 4) is 34.6 Å². The van der Waals surface area contributed by atoms with Gasteiger partial charge in [-0.1, -0.05) is 17.7 Å². The first-order valence-corrected chi connectivity index (χ1v) is 11.7. The quantitative estimate of drug-likeness (QED) is 0.296. The Kier molecular flexibility index (Phi) is 5.11. The Morgan fingerprint density at radius 3 is 2.58 bits per heavy atom. The van der Waals surface area contributed by atoms with Gasteiger partial charge in [-0.05, 0) is 69.2 Å². The van der Waals surface area contributed by atoms with E-state index in [2.05, 4.69) is 16.3 Å². The van der Waals surface area contributed by atoms with Gasteiger partial charge in [0.2, 0.25) is 0 Å². The van der Waals surface area contributed by atoms with E-state index in [9.17, 15) is 10.1 Å². The molecule has 36 heavy (non-hydrogen) atoms. The van der Waals surface area contributed by atoms with Gasteiger partial charge >= 0.3 is 0 Å². The highest BCUT2D eigenvalue weighted by Crippen LogP contribution is 2.41. The Hall–Kier alpha value is -4.77. The molecule has 1 aliphatic rings. The van der Waals surface area contributed by atoms with E-state index < -0.39 is 0 Å². The summed E-state index contributed by atoms with van der Waals surface area (Å²) in [6.07, 6.45) is 5.64. The molecule has 0 amide bonds. The van der Waals surface area contributed by atoms with Crippen LogP contribution in [0.4, 0.5) is 0 Å². The van der Waals surface area contributed by atoms with Gasteiger partial charge in [-0.15, -0.1) is 0 Å². The molecule has 0 spiro atoms. The van der Waals surface area contributed by atoms with E-state index in [0.29, 0.717) is 34.4 Å². The van der Waals surface area contributed by atoms with Gasteiger partial charge in [0.15, 0.2) is 17.3 Å².